The van der Waals surface area contributed by atoms with Crippen LogP contribution in [0.3, 0.4) is 0 Å². The van der Waals surface area contributed by atoms with Crippen molar-refractivity contribution in [2.75, 3.05) is 75.3 Å². The van der Waals surface area contributed by atoms with Gasteiger partial charge in [-0.25, -0.2) is 28.2 Å². The van der Waals surface area contributed by atoms with E-state index in [0.29, 0.717) is 42.6 Å². The third kappa shape index (κ3) is 5.83. The van der Waals surface area contributed by atoms with Gasteiger partial charge in [-0.2, -0.15) is 0 Å². The number of piperazine rings is 1. The van der Waals surface area contributed by atoms with Crippen molar-refractivity contribution >= 4 is 23.0 Å². The summed E-state index contributed by atoms with van der Waals surface area (Å²) < 4.78 is 49.5. The van der Waals surface area contributed by atoms with E-state index in [4.69, 9.17) is 9.57 Å². The highest BCUT2D eigenvalue weighted by molar-refractivity contribution is 5.70. The number of piperidine rings is 1. The minimum absolute atomic E-state index is 0.0404. The molecular formula is C30H36F3N7O2. The Balaban J connectivity index is 1.15. The zero-order chi connectivity index (χ0) is 29.2. The molecule has 1 N–H and O–H groups in total. The molecule has 6 rings (SSSR count). The number of aromatic nitrogens is 2. The fraction of sp³-hybridized carbons (Fsp3) is 0.467. The van der Waals surface area contributed by atoms with Crippen molar-refractivity contribution in [3.05, 3.63) is 66.0 Å². The normalized spacial score (nSPS) is 23.8. The molecular weight excluding hydrogens is 547 g/mol. The molecule has 3 atom stereocenters. The second-order valence-electron chi connectivity index (χ2n) is 11.0. The maximum Gasteiger partial charge on any atom is 0.164 e. The number of rotatable bonds is 7. The minimum Gasteiger partial charge on any atom is -0.494 e. The van der Waals surface area contributed by atoms with E-state index in [-0.39, 0.29) is 11.6 Å². The standard InChI is InChI=1S/C30H36F3N7O2/c1-37-11-13-38(14-12-37)26-8-10-39(18-23(26)32)20-6-7-24(27(16-20)41-2)36-28-17-29(35-19-34-28)40-25(9-15-42-40)21-4-3-5-22(31)30(21)33/h3-7,16-17,19,23,25-26H,8-15,18H2,1-2H3,(H,34,35,36)/t23?,25-,26?/m1/s1. The Morgan fingerprint density at radius 1 is 1.00 bits per heavy atom. The molecule has 1 aromatic heterocycles. The van der Waals surface area contributed by atoms with Crippen molar-refractivity contribution in [2.24, 2.45) is 0 Å². The van der Waals surface area contributed by atoms with Crippen LogP contribution in [0.4, 0.5) is 36.2 Å². The molecule has 2 aromatic carbocycles. The van der Waals surface area contributed by atoms with Gasteiger partial charge in [0.05, 0.1) is 32.0 Å². The van der Waals surface area contributed by atoms with E-state index in [0.717, 1.165) is 50.9 Å². The van der Waals surface area contributed by atoms with Crippen molar-refractivity contribution in [1.29, 1.82) is 0 Å². The molecule has 4 heterocycles. The molecule has 42 heavy (non-hydrogen) atoms. The summed E-state index contributed by atoms with van der Waals surface area (Å²) >= 11 is 0. The summed E-state index contributed by atoms with van der Waals surface area (Å²) in [6.07, 6.45) is 1.71. The summed E-state index contributed by atoms with van der Waals surface area (Å²) in [5, 5.41) is 4.75. The number of hydrogen-bond donors (Lipinski definition) is 1. The number of anilines is 4. The van der Waals surface area contributed by atoms with Crippen LogP contribution in [0.5, 0.6) is 5.75 Å². The van der Waals surface area contributed by atoms with Crippen LogP contribution in [0.25, 0.3) is 0 Å². The molecule has 0 aliphatic carbocycles. The maximum absolute atomic E-state index is 15.4. The lowest BCUT2D eigenvalue weighted by Gasteiger charge is -2.44. The van der Waals surface area contributed by atoms with E-state index in [1.165, 1.54) is 17.5 Å². The number of hydroxylamine groups is 1. The fourth-order valence-electron chi connectivity index (χ4n) is 6.10. The Labute approximate surface area is 243 Å². The van der Waals surface area contributed by atoms with Crippen LogP contribution in [0, 0.1) is 11.6 Å². The highest BCUT2D eigenvalue weighted by Gasteiger charge is 2.35. The first-order valence-corrected chi connectivity index (χ1v) is 14.4. The molecule has 12 heteroatoms. The van der Waals surface area contributed by atoms with Crippen molar-refractivity contribution in [1.82, 2.24) is 19.8 Å². The van der Waals surface area contributed by atoms with Crippen LogP contribution in [0.1, 0.15) is 24.4 Å². The molecule has 0 spiro atoms. The molecule has 3 aliphatic rings. The first-order chi connectivity index (χ1) is 20.4. The number of nitrogens with one attached hydrogen (secondary N) is 1. The molecule has 3 aliphatic heterocycles. The van der Waals surface area contributed by atoms with Gasteiger partial charge < -0.3 is 19.9 Å². The Morgan fingerprint density at radius 3 is 2.62 bits per heavy atom. The lowest BCUT2D eigenvalue weighted by atomic mass is 9.99. The highest BCUT2D eigenvalue weighted by atomic mass is 19.2. The molecule has 0 amide bonds. The molecule has 0 bridgehead atoms. The van der Waals surface area contributed by atoms with E-state index in [2.05, 4.69) is 37.0 Å². The number of alkyl halides is 1. The topological polar surface area (TPSA) is 69.2 Å². The Hall–Kier alpha value is -3.61. The number of methoxy groups -OCH3 is 1. The number of nitrogens with zero attached hydrogens (tertiary/aromatic N) is 6. The van der Waals surface area contributed by atoms with Crippen molar-refractivity contribution < 1.29 is 22.7 Å². The van der Waals surface area contributed by atoms with Gasteiger partial charge in [0.1, 0.15) is 24.1 Å². The van der Waals surface area contributed by atoms with E-state index in [1.807, 2.05) is 18.2 Å². The van der Waals surface area contributed by atoms with E-state index in [1.54, 1.807) is 19.2 Å². The fourth-order valence-corrected chi connectivity index (χ4v) is 6.10. The molecule has 2 unspecified atom stereocenters. The van der Waals surface area contributed by atoms with Crippen molar-refractivity contribution in [3.63, 3.8) is 0 Å². The lowest BCUT2D eigenvalue weighted by molar-refractivity contribution is 0.0532. The monoisotopic (exact) mass is 583 g/mol. The smallest absolute Gasteiger partial charge is 0.164 e. The number of benzene rings is 2. The van der Waals surface area contributed by atoms with Crippen LogP contribution < -0.4 is 20.0 Å². The Bertz CT molecular complexity index is 1390. The lowest BCUT2D eigenvalue weighted by Crippen LogP contribution is -2.57. The Morgan fingerprint density at radius 2 is 1.83 bits per heavy atom. The zero-order valence-corrected chi connectivity index (χ0v) is 23.8. The van der Waals surface area contributed by atoms with Gasteiger partial charge in [0.25, 0.3) is 0 Å². The van der Waals surface area contributed by atoms with Crippen LogP contribution >= 0.6 is 0 Å². The van der Waals surface area contributed by atoms with Crippen LogP contribution in [-0.4, -0.2) is 92.0 Å². The quantitative estimate of drug-likeness (QED) is 0.431. The number of hydrogen-bond acceptors (Lipinski definition) is 9. The molecule has 224 valence electrons. The summed E-state index contributed by atoms with van der Waals surface area (Å²) in [6, 6.07) is 11.0. The van der Waals surface area contributed by atoms with Gasteiger partial charge in [-0.1, -0.05) is 12.1 Å². The summed E-state index contributed by atoms with van der Waals surface area (Å²) in [5.41, 5.74) is 1.77. The van der Waals surface area contributed by atoms with E-state index in [9.17, 15) is 8.78 Å². The first-order valence-electron chi connectivity index (χ1n) is 14.4. The van der Waals surface area contributed by atoms with E-state index >= 15 is 4.39 Å². The average Bonchev–Trinajstić information content (AvgIpc) is 3.49. The molecule has 3 fully saturated rings. The van der Waals surface area contributed by atoms with Gasteiger partial charge in [0.2, 0.25) is 0 Å². The van der Waals surface area contributed by atoms with Crippen LogP contribution in [0.2, 0.25) is 0 Å². The zero-order valence-electron chi connectivity index (χ0n) is 23.8. The number of ether oxygens (including phenoxy) is 1. The third-order valence-electron chi connectivity index (χ3n) is 8.45. The largest absolute Gasteiger partial charge is 0.494 e. The van der Waals surface area contributed by atoms with Gasteiger partial charge >= 0.3 is 0 Å². The maximum atomic E-state index is 15.4. The predicted molar refractivity (Wildman–Crippen MR) is 155 cm³/mol. The minimum atomic E-state index is -0.928. The third-order valence-corrected chi connectivity index (χ3v) is 8.45. The molecule has 0 radical (unpaired) electrons. The second-order valence-corrected chi connectivity index (χ2v) is 11.0. The molecule has 3 saturated heterocycles. The van der Waals surface area contributed by atoms with Gasteiger partial charge in [-0.05, 0) is 31.7 Å². The first kappa shape index (κ1) is 28.5. The van der Waals surface area contributed by atoms with E-state index < -0.39 is 23.8 Å². The second kappa shape index (κ2) is 12.3. The van der Waals surface area contributed by atoms with Gasteiger partial charge in [0, 0.05) is 68.6 Å². The summed E-state index contributed by atoms with van der Waals surface area (Å²) in [5.74, 6) is -0.330. The van der Waals surface area contributed by atoms with Crippen LogP contribution in [0.15, 0.2) is 48.8 Å². The van der Waals surface area contributed by atoms with Crippen LogP contribution in [-0.2, 0) is 4.84 Å². The SMILES string of the molecule is COc1cc(N2CCC(N3CCN(C)CC3)C(F)C2)ccc1Nc1cc(N2OCC[C@@H]2c2cccc(F)c2F)ncn1. The summed E-state index contributed by atoms with van der Waals surface area (Å²) in [6.45, 7) is 5.22. The average molecular weight is 584 g/mol. The summed E-state index contributed by atoms with van der Waals surface area (Å²) in [4.78, 5) is 21.1. The summed E-state index contributed by atoms with van der Waals surface area (Å²) in [7, 11) is 3.70. The number of halogens is 3. The number of likely N-dealkylation sites (N-methyl/N-ethyl adjacent to an activating group) is 1. The van der Waals surface area contributed by atoms with Crippen molar-refractivity contribution in [3.8, 4) is 5.75 Å². The van der Waals surface area contributed by atoms with Crippen molar-refractivity contribution in [2.45, 2.75) is 31.1 Å². The predicted octanol–water partition coefficient (Wildman–Crippen LogP) is 4.55. The highest BCUT2D eigenvalue weighted by Crippen LogP contribution is 2.37. The van der Waals surface area contributed by atoms with Gasteiger partial charge in [0.15, 0.2) is 17.5 Å². The molecule has 3 aromatic rings. The molecule has 9 nitrogen and oxygen atoms in total. The molecule has 0 saturated carbocycles. The van der Waals surface area contributed by atoms with Gasteiger partial charge in [-0.15, -0.1) is 0 Å². The van der Waals surface area contributed by atoms with Gasteiger partial charge in [-0.3, -0.25) is 9.74 Å². The Kier molecular flexibility index (Phi) is 8.36.